The van der Waals surface area contributed by atoms with Crippen LogP contribution in [0.4, 0.5) is 0 Å². The summed E-state index contributed by atoms with van der Waals surface area (Å²) < 4.78 is 12.5. The van der Waals surface area contributed by atoms with Crippen LogP contribution in [-0.4, -0.2) is 29.2 Å². The summed E-state index contributed by atoms with van der Waals surface area (Å²) in [4.78, 5) is 16.6. The van der Waals surface area contributed by atoms with E-state index in [9.17, 15) is 4.79 Å². The summed E-state index contributed by atoms with van der Waals surface area (Å²) in [6.07, 6.45) is 10.6. The molecule has 27 heavy (non-hydrogen) atoms. The van der Waals surface area contributed by atoms with Gasteiger partial charge in [-0.2, -0.15) is 0 Å². The number of carbonyl (C=O) groups is 1. The first-order chi connectivity index (χ1) is 13.1. The number of allylic oxidation sites excluding steroid dienone is 5. The zero-order chi connectivity index (χ0) is 19.6. The Hall–Kier alpha value is -3.08. The Morgan fingerprint density at radius 1 is 1.33 bits per heavy atom. The molecule has 0 aliphatic rings. The Balaban J connectivity index is 2.45. The Bertz CT molecular complexity index is 847. The van der Waals surface area contributed by atoms with Crippen molar-refractivity contribution in [3.63, 3.8) is 0 Å². The molecule has 2 aromatic rings. The molecule has 0 amide bonds. The van der Waals surface area contributed by atoms with Crippen LogP contribution in [0, 0.1) is 0 Å². The predicted octanol–water partition coefficient (Wildman–Crippen LogP) is 4.66. The number of hydrogen-bond acceptors (Lipinski definition) is 4. The summed E-state index contributed by atoms with van der Waals surface area (Å²) in [6.45, 7) is 7.83. The lowest BCUT2D eigenvalue weighted by Gasteiger charge is -2.11. The molecule has 5 nitrogen and oxygen atoms in total. The first-order valence-electron chi connectivity index (χ1n) is 8.92. The van der Waals surface area contributed by atoms with E-state index in [1.807, 2.05) is 54.1 Å². The van der Waals surface area contributed by atoms with Gasteiger partial charge in [0, 0.05) is 11.9 Å². The van der Waals surface area contributed by atoms with Crippen molar-refractivity contribution in [1.29, 1.82) is 0 Å². The molecular weight excluding hydrogens is 340 g/mol. The van der Waals surface area contributed by atoms with Gasteiger partial charge >= 0.3 is 5.97 Å². The Kier molecular flexibility index (Phi) is 7.62. The summed E-state index contributed by atoms with van der Waals surface area (Å²) in [7, 11) is 1.63. The van der Waals surface area contributed by atoms with E-state index in [4.69, 9.17) is 9.47 Å². The highest BCUT2D eigenvalue weighted by Crippen LogP contribution is 2.31. The maximum atomic E-state index is 11.9. The number of ether oxygens (including phenoxy) is 2. The van der Waals surface area contributed by atoms with Gasteiger partial charge in [-0.15, -0.1) is 0 Å². The minimum atomic E-state index is -0.288. The minimum absolute atomic E-state index is 0.132. The lowest BCUT2D eigenvalue weighted by Crippen LogP contribution is -2.07. The van der Waals surface area contributed by atoms with Crippen LogP contribution in [0.3, 0.4) is 0 Å². The van der Waals surface area contributed by atoms with Crippen LogP contribution in [0.1, 0.15) is 26.0 Å². The maximum absolute atomic E-state index is 11.9. The molecule has 0 aliphatic heterocycles. The summed E-state index contributed by atoms with van der Waals surface area (Å²) in [5, 5.41) is 0. The van der Waals surface area contributed by atoms with Crippen molar-refractivity contribution in [2.24, 2.45) is 0 Å². The van der Waals surface area contributed by atoms with Gasteiger partial charge in [-0.25, -0.2) is 4.98 Å². The van der Waals surface area contributed by atoms with Crippen molar-refractivity contribution < 1.29 is 14.3 Å². The van der Waals surface area contributed by atoms with E-state index in [1.54, 1.807) is 20.1 Å². The summed E-state index contributed by atoms with van der Waals surface area (Å²) in [6, 6.07) is 7.70. The number of para-hydroxylation sites is 1. The molecule has 142 valence electrons. The van der Waals surface area contributed by atoms with Gasteiger partial charge in [0.1, 0.15) is 11.6 Å². The number of methoxy groups -OCH3 is 1. The second kappa shape index (κ2) is 10.2. The number of nitrogens with zero attached hydrogens (tertiary/aromatic N) is 2. The Morgan fingerprint density at radius 3 is 2.81 bits per heavy atom. The van der Waals surface area contributed by atoms with Crippen molar-refractivity contribution in [3.05, 3.63) is 67.0 Å². The smallest absolute Gasteiger partial charge is 0.311 e. The van der Waals surface area contributed by atoms with Crippen LogP contribution in [0.25, 0.3) is 17.1 Å². The molecule has 0 fully saturated rings. The molecule has 2 rings (SSSR count). The highest BCUT2D eigenvalue weighted by Gasteiger charge is 2.17. The van der Waals surface area contributed by atoms with Crippen LogP contribution in [-0.2, 0) is 16.0 Å². The third-order valence-corrected chi connectivity index (χ3v) is 3.94. The molecule has 0 aliphatic carbocycles. The number of esters is 1. The van der Waals surface area contributed by atoms with Crippen molar-refractivity contribution >= 4 is 11.7 Å². The number of imidazole rings is 1. The first kappa shape index (κ1) is 20.2. The van der Waals surface area contributed by atoms with Gasteiger partial charge in [-0.1, -0.05) is 43.0 Å². The molecule has 1 heterocycles. The number of aromatic nitrogens is 2. The molecule has 0 spiro atoms. The van der Waals surface area contributed by atoms with Gasteiger partial charge in [-0.05, 0) is 32.4 Å². The molecule has 0 radical (unpaired) electrons. The highest BCUT2D eigenvalue weighted by atomic mass is 16.5. The van der Waals surface area contributed by atoms with Gasteiger partial charge in [0.25, 0.3) is 0 Å². The van der Waals surface area contributed by atoms with Crippen molar-refractivity contribution in [2.45, 2.75) is 26.7 Å². The molecule has 0 unspecified atom stereocenters. The molecule has 0 saturated carbocycles. The fraction of sp³-hybridized carbons (Fsp3) is 0.273. The standard InChI is InChI=1S/C22H26N2O3/c1-5-7-8-9-12-17(3)24-16-18(15-21(25)27-6-2)23-22(24)19-13-10-11-14-20(19)26-4/h5,7-8,10-14,16H,1,6,9,15H2,2-4H3/b8-7-,17-12+. The third-order valence-electron chi connectivity index (χ3n) is 3.94. The van der Waals surface area contributed by atoms with E-state index in [1.165, 1.54) is 0 Å². The van der Waals surface area contributed by atoms with E-state index in [0.29, 0.717) is 12.3 Å². The Labute approximate surface area is 160 Å². The van der Waals surface area contributed by atoms with Crippen molar-refractivity contribution in [2.75, 3.05) is 13.7 Å². The molecule has 5 heteroatoms. The lowest BCUT2D eigenvalue weighted by atomic mass is 10.2. The average Bonchev–Trinajstić information content (AvgIpc) is 3.08. The number of carbonyl (C=O) groups excluding carboxylic acids is 1. The van der Waals surface area contributed by atoms with E-state index in [0.717, 1.165) is 29.3 Å². The maximum Gasteiger partial charge on any atom is 0.311 e. The molecule has 0 atom stereocenters. The van der Waals surface area contributed by atoms with Crippen LogP contribution in [0.5, 0.6) is 5.75 Å². The van der Waals surface area contributed by atoms with Gasteiger partial charge in [0.2, 0.25) is 0 Å². The second-order valence-corrected chi connectivity index (χ2v) is 5.85. The molecule has 1 aromatic heterocycles. The molecule has 0 N–H and O–H groups in total. The quantitative estimate of drug-likeness (QED) is 0.478. The summed E-state index contributed by atoms with van der Waals surface area (Å²) in [5.74, 6) is 1.17. The van der Waals surface area contributed by atoms with Gasteiger partial charge in [0.15, 0.2) is 0 Å². The van der Waals surface area contributed by atoms with Crippen LogP contribution < -0.4 is 4.74 Å². The Morgan fingerprint density at radius 2 is 2.11 bits per heavy atom. The lowest BCUT2D eigenvalue weighted by molar-refractivity contribution is -0.142. The summed E-state index contributed by atoms with van der Waals surface area (Å²) >= 11 is 0. The number of rotatable bonds is 9. The third kappa shape index (κ3) is 5.45. The predicted molar refractivity (Wildman–Crippen MR) is 108 cm³/mol. The topological polar surface area (TPSA) is 53.4 Å². The largest absolute Gasteiger partial charge is 0.496 e. The summed E-state index contributed by atoms with van der Waals surface area (Å²) in [5.41, 5.74) is 2.53. The minimum Gasteiger partial charge on any atom is -0.496 e. The van der Waals surface area contributed by atoms with Crippen LogP contribution in [0.2, 0.25) is 0 Å². The first-order valence-corrected chi connectivity index (χ1v) is 8.92. The SMILES string of the molecule is C=C/C=C\C/C=C(\C)n1cc(CC(=O)OCC)nc1-c1ccccc1OC. The molecule has 0 bridgehead atoms. The van der Waals surface area contributed by atoms with Gasteiger partial charge in [0.05, 0.1) is 31.4 Å². The van der Waals surface area contributed by atoms with E-state index >= 15 is 0 Å². The molecule has 0 saturated heterocycles. The number of benzene rings is 1. The molecular formula is C22H26N2O3. The van der Waals surface area contributed by atoms with Crippen molar-refractivity contribution in [3.8, 4) is 17.1 Å². The zero-order valence-corrected chi connectivity index (χ0v) is 16.1. The molecule has 1 aromatic carbocycles. The zero-order valence-electron chi connectivity index (χ0n) is 16.1. The normalized spacial score (nSPS) is 11.6. The fourth-order valence-corrected chi connectivity index (χ4v) is 2.67. The monoisotopic (exact) mass is 366 g/mol. The van der Waals surface area contributed by atoms with Gasteiger partial charge < -0.3 is 14.0 Å². The number of hydrogen-bond donors (Lipinski definition) is 0. The second-order valence-electron chi connectivity index (χ2n) is 5.85. The van der Waals surface area contributed by atoms with E-state index in [-0.39, 0.29) is 12.4 Å². The average molecular weight is 366 g/mol. The van der Waals surface area contributed by atoms with Crippen LogP contribution >= 0.6 is 0 Å². The van der Waals surface area contributed by atoms with Gasteiger partial charge in [-0.3, -0.25) is 4.79 Å². The highest BCUT2D eigenvalue weighted by molar-refractivity contribution is 5.73. The fourth-order valence-electron chi connectivity index (χ4n) is 2.67. The van der Waals surface area contributed by atoms with Crippen molar-refractivity contribution in [1.82, 2.24) is 9.55 Å². The van der Waals surface area contributed by atoms with E-state index < -0.39 is 0 Å². The van der Waals surface area contributed by atoms with E-state index in [2.05, 4.69) is 17.6 Å². The van der Waals surface area contributed by atoms with Crippen LogP contribution in [0.15, 0.2) is 61.3 Å².